The van der Waals surface area contributed by atoms with E-state index >= 15 is 0 Å². The maximum atomic E-state index is 13.3. The Balaban J connectivity index is 1.46. The Morgan fingerprint density at radius 2 is 1.53 bits per heavy atom. The monoisotopic (exact) mass is 431 g/mol. The predicted octanol–water partition coefficient (Wildman–Crippen LogP) is 3.90. The van der Waals surface area contributed by atoms with Crippen LogP contribution in [-0.4, -0.2) is 31.7 Å². The summed E-state index contributed by atoms with van der Waals surface area (Å²) in [5, 5.41) is 11.2. The Morgan fingerprint density at radius 3 is 2.20 bits per heavy atom. The van der Waals surface area contributed by atoms with Gasteiger partial charge in [-0.05, 0) is 49.2 Å². The molecule has 0 radical (unpaired) electrons. The molecule has 0 saturated carbocycles. The third-order valence-electron chi connectivity index (χ3n) is 4.67. The Bertz CT molecular complexity index is 1130. The molecular formula is C20H19F2N5O2S. The number of nitrogens with one attached hydrogen (secondary N) is 2. The van der Waals surface area contributed by atoms with E-state index < -0.39 is 26.6 Å². The fourth-order valence-corrected chi connectivity index (χ4v) is 4.33. The fourth-order valence-electron chi connectivity index (χ4n) is 3.23. The zero-order valence-corrected chi connectivity index (χ0v) is 16.7. The first kappa shape index (κ1) is 20.0. The van der Waals surface area contributed by atoms with Crippen molar-refractivity contribution in [3.63, 3.8) is 0 Å². The van der Waals surface area contributed by atoms with Crippen LogP contribution >= 0.6 is 0 Å². The molecule has 2 heterocycles. The minimum atomic E-state index is -4.12. The van der Waals surface area contributed by atoms with E-state index in [1.165, 1.54) is 12.1 Å². The van der Waals surface area contributed by atoms with Crippen molar-refractivity contribution in [1.82, 2.24) is 10.2 Å². The number of halogens is 2. The van der Waals surface area contributed by atoms with E-state index in [-0.39, 0.29) is 5.69 Å². The van der Waals surface area contributed by atoms with Crippen molar-refractivity contribution >= 4 is 32.9 Å². The zero-order chi connectivity index (χ0) is 21.1. The molecule has 0 unspecified atom stereocenters. The molecule has 0 bridgehead atoms. The summed E-state index contributed by atoms with van der Waals surface area (Å²) in [7, 11) is -4.12. The molecule has 1 fully saturated rings. The molecular weight excluding hydrogens is 412 g/mol. The van der Waals surface area contributed by atoms with Crippen LogP contribution in [0, 0.1) is 11.6 Å². The average molecular weight is 431 g/mol. The Labute approximate surface area is 172 Å². The molecule has 1 aromatic heterocycles. The molecule has 7 nitrogen and oxygen atoms in total. The van der Waals surface area contributed by atoms with E-state index in [9.17, 15) is 17.2 Å². The number of sulfonamides is 1. The number of anilines is 4. The van der Waals surface area contributed by atoms with Gasteiger partial charge in [0.15, 0.2) is 5.82 Å². The summed E-state index contributed by atoms with van der Waals surface area (Å²) in [5.74, 6) is -1.36. The average Bonchev–Trinajstić information content (AvgIpc) is 3.24. The largest absolute Gasteiger partial charge is 0.370 e. The summed E-state index contributed by atoms with van der Waals surface area (Å²) >= 11 is 0. The van der Waals surface area contributed by atoms with E-state index in [1.807, 2.05) is 6.07 Å². The van der Waals surface area contributed by atoms with Crippen LogP contribution in [-0.2, 0) is 10.0 Å². The molecule has 1 aliphatic heterocycles. The lowest BCUT2D eigenvalue weighted by Gasteiger charge is -2.17. The second kappa shape index (κ2) is 8.23. The molecule has 0 amide bonds. The third-order valence-corrected chi connectivity index (χ3v) is 6.03. The van der Waals surface area contributed by atoms with Gasteiger partial charge in [0.25, 0.3) is 10.0 Å². The van der Waals surface area contributed by atoms with Gasteiger partial charge in [0, 0.05) is 36.6 Å². The molecule has 0 atom stereocenters. The van der Waals surface area contributed by atoms with Crippen molar-refractivity contribution in [2.45, 2.75) is 17.7 Å². The quantitative estimate of drug-likeness (QED) is 0.616. The molecule has 30 heavy (non-hydrogen) atoms. The first-order chi connectivity index (χ1) is 14.4. The van der Waals surface area contributed by atoms with Gasteiger partial charge < -0.3 is 10.2 Å². The lowest BCUT2D eigenvalue weighted by atomic mass is 10.3. The molecule has 3 aromatic rings. The third kappa shape index (κ3) is 4.65. The highest BCUT2D eigenvalue weighted by atomic mass is 32.2. The number of hydrogen-bond acceptors (Lipinski definition) is 6. The number of aromatic nitrogens is 2. The Morgan fingerprint density at radius 1 is 0.900 bits per heavy atom. The summed E-state index contributed by atoms with van der Waals surface area (Å²) in [6.45, 7) is 1.99. The number of hydrogen-bond donors (Lipinski definition) is 2. The van der Waals surface area contributed by atoms with Gasteiger partial charge in [-0.25, -0.2) is 17.2 Å². The molecule has 2 aromatic carbocycles. The van der Waals surface area contributed by atoms with E-state index in [0.717, 1.165) is 43.8 Å². The maximum Gasteiger partial charge on any atom is 0.262 e. The second-order valence-electron chi connectivity index (χ2n) is 6.91. The van der Waals surface area contributed by atoms with Gasteiger partial charge in [-0.1, -0.05) is 0 Å². The van der Waals surface area contributed by atoms with Crippen LogP contribution in [0.15, 0.2) is 59.6 Å². The van der Waals surface area contributed by atoms with Gasteiger partial charge in [0.2, 0.25) is 0 Å². The van der Waals surface area contributed by atoms with Crippen LogP contribution in [0.3, 0.4) is 0 Å². The van der Waals surface area contributed by atoms with Crippen molar-refractivity contribution in [1.29, 1.82) is 0 Å². The summed E-state index contributed by atoms with van der Waals surface area (Å²) < 4.78 is 53.7. The standard InChI is InChI=1S/C20H19F2N5O2S/c21-14-9-15(22)11-19(10-14)30(28,29)26-17-5-3-16(4-6-17)24-20-12-18(13-23-25-20)27-7-1-2-8-27/h3-6,9-13,26H,1-2,7-8H2,(H,24,25). The van der Waals surface area contributed by atoms with Crippen molar-refractivity contribution in [2.75, 3.05) is 28.0 Å². The molecule has 0 spiro atoms. The molecule has 1 saturated heterocycles. The highest BCUT2D eigenvalue weighted by molar-refractivity contribution is 7.92. The van der Waals surface area contributed by atoms with Gasteiger partial charge in [0.1, 0.15) is 11.6 Å². The molecule has 2 N–H and O–H groups in total. The van der Waals surface area contributed by atoms with Crippen LogP contribution in [0.2, 0.25) is 0 Å². The fraction of sp³-hybridized carbons (Fsp3) is 0.200. The summed E-state index contributed by atoms with van der Waals surface area (Å²) in [6.07, 6.45) is 4.04. The molecule has 4 rings (SSSR count). The van der Waals surface area contributed by atoms with E-state index in [2.05, 4.69) is 25.1 Å². The van der Waals surface area contributed by atoms with Crippen LogP contribution in [0.5, 0.6) is 0 Å². The minimum Gasteiger partial charge on any atom is -0.370 e. The summed E-state index contributed by atoms with van der Waals surface area (Å²) in [5.41, 5.74) is 1.93. The van der Waals surface area contributed by atoms with Crippen molar-refractivity contribution in [3.8, 4) is 0 Å². The lowest BCUT2D eigenvalue weighted by Crippen LogP contribution is -2.18. The smallest absolute Gasteiger partial charge is 0.262 e. The van der Waals surface area contributed by atoms with Gasteiger partial charge in [-0.2, -0.15) is 5.10 Å². The van der Waals surface area contributed by atoms with Crippen molar-refractivity contribution in [3.05, 3.63) is 66.4 Å². The van der Waals surface area contributed by atoms with Gasteiger partial charge in [0.05, 0.1) is 16.8 Å². The van der Waals surface area contributed by atoms with Gasteiger partial charge in [-0.3, -0.25) is 4.72 Å². The summed E-state index contributed by atoms with van der Waals surface area (Å²) in [4.78, 5) is 1.75. The van der Waals surface area contributed by atoms with Crippen LogP contribution in [0.1, 0.15) is 12.8 Å². The first-order valence-electron chi connectivity index (χ1n) is 9.33. The molecule has 0 aliphatic carbocycles. The highest BCUT2D eigenvalue weighted by Gasteiger charge is 2.17. The SMILES string of the molecule is O=S(=O)(Nc1ccc(Nc2cc(N3CCCC3)cnn2)cc1)c1cc(F)cc(F)c1. The number of rotatable bonds is 6. The van der Waals surface area contributed by atoms with Gasteiger partial charge in [-0.15, -0.1) is 5.10 Å². The maximum absolute atomic E-state index is 13.3. The normalized spacial score (nSPS) is 14.0. The first-order valence-corrected chi connectivity index (χ1v) is 10.8. The summed E-state index contributed by atoms with van der Waals surface area (Å²) in [6, 6.07) is 10.4. The highest BCUT2D eigenvalue weighted by Crippen LogP contribution is 2.24. The Kier molecular flexibility index (Phi) is 5.49. The Hall–Kier alpha value is -3.27. The molecule has 156 valence electrons. The molecule has 10 heteroatoms. The van der Waals surface area contributed by atoms with Crippen LogP contribution < -0.4 is 14.9 Å². The topological polar surface area (TPSA) is 87.2 Å². The van der Waals surface area contributed by atoms with Crippen LogP contribution in [0.4, 0.5) is 31.7 Å². The van der Waals surface area contributed by atoms with E-state index in [1.54, 1.807) is 18.3 Å². The van der Waals surface area contributed by atoms with E-state index in [0.29, 0.717) is 17.6 Å². The minimum absolute atomic E-state index is 0.252. The number of benzene rings is 2. The van der Waals surface area contributed by atoms with E-state index in [4.69, 9.17) is 0 Å². The second-order valence-corrected chi connectivity index (χ2v) is 8.59. The van der Waals surface area contributed by atoms with Crippen LogP contribution in [0.25, 0.3) is 0 Å². The predicted molar refractivity (Wildman–Crippen MR) is 110 cm³/mol. The van der Waals surface area contributed by atoms with Crippen molar-refractivity contribution < 1.29 is 17.2 Å². The van der Waals surface area contributed by atoms with Crippen molar-refractivity contribution in [2.24, 2.45) is 0 Å². The number of nitrogens with zero attached hydrogens (tertiary/aromatic N) is 3. The molecule has 1 aliphatic rings. The zero-order valence-electron chi connectivity index (χ0n) is 15.8. The van der Waals surface area contributed by atoms with Gasteiger partial charge >= 0.3 is 0 Å². The lowest BCUT2D eigenvalue weighted by molar-refractivity contribution is 0.568.